The summed E-state index contributed by atoms with van der Waals surface area (Å²) in [6.07, 6.45) is 5.63. The van der Waals surface area contributed by atoms with Gasteiger partial charge in [-0.15, -0.1) is 0 Å². The van der Waals surface area contributed by atoms with Gasteiger partial charge in [-0.25, -0.2) is 0 Å². The van der Waals surface area contributed by atoms with Crippen molar-refractivity contribution >= 4 is 8.32 Å². The molecule has 3 rings (SSSR count). The maximum Gasteiger partial charge on any atom is 0.191 e. The van der Waals surface area contributed by atoms with Gasteiger partial charge < -0.3 is 9.53 Å². The van der Waals surface area contributed by atoms with Crippen LogP contribution in [0.2, 0.25) is 19.1 Å². The molecule has 0 unspecified atom stereocenters. The summed E-state index contributed by atoms with van der Waals surface area (Å²) in [6, 6.07) is 1.07. The smallest absolute Gasteiger partial charge is 0.191 e. The van der Waals surface area contributed by atoms with Crippen LogP contribution in [-0.4, -0.2) is 25.1 Å². The average Bonchev–Trinajstić information content (AvgIpc) is 3.14. The van der Waals surface area contributed by atoms with Crippen molar-refractivity contribution in [3.05, 3.63) is 22.8 Å². The van der Waals surface area contributed by atoms with E-state index in [9.17, 15) is 5.11 Å². The third-order valence-corrected chi connectivity index (χ3v) is 7.95. The van der Waals surface area contributed by atoms with Crippen molar-refractivity contribution in [2.75, 3.05) is 0 Å². The summed E-state index contributed by atoms with van der Waals surface area (Å²) in [5.41, 5.74) is 3.47. The summed E-state index contributed by atoms with van der Waals surface area (Å²) in [5, 5.41) is 11.3. The molecule has 1 saturated carbocycles. The van der Waals surface area contributed by atoms with Crippen molar-refractivity contribution in [3.63, 3.8) is 0 Å². The van der Waals surface area contributed by atoms with E-state index in [2.05, 4.69) is 39.9 Å². The molecule has 2 nitrogen and oxygen atoms in total. The highest BCUT2D eigenvalue weighted by Crippen LogP contribution is 2.66. The molecule has 1 N–H and O–H groups in total. The predicted octanol–water partition coefficient (Wildman–Crippen LogP) is 4.42. The van der Waals surface area contributed by atoms with Gasteiger partial charge in [0.15, 0.2) is 8.32 Å². The molecule has 0 bridgehead atoms. The largest absolute Gasteiger partial charge is 0.407 e. The molecule has 0 radical (unpaired) electrons. The van der Waals surface area contributed by atoms with Crippen molar-refractivity contribution in [3.8, 4) is 0 Å². The number of hydrogen-bond donors (Lipinski definition) is 1. The number of fused-ring (bicyclic) bond motifs is 1. The molecular formula is C18H30O2Si. The molecule has 0 aromatic carbocycles. The van der Waals surface area contributed by atoms with E-state index in [1.165, 1.54) is 16.7 Å². The van der Waals surface area contributed by atoms with Crippen LogP contribution in [0.5, 0.6) is 0 Å². The van der Waals surface area contributed by atoms with Crippen molar-refractivity contribution in [2.24, 2.45) is 11.3 Å². The first kappa shape index (κ1) is 15.5. The van der Waals surface area contributed by atoms with Crippen LogP contribution in [0.4, 0.5) is 0 Å². The van der Waals surface area contributed by atoms with Gasteiger partial charge in [0.2, 0.25) is 0 Å². The molecule has 1 fully saturated rings. The second-order valence-electron chi connectivity index (χ2n) is 8.55. The lowest BCUT2D eigenvalue weighted by molar-refractivity contribution is -0.0840. The third-order valence-electron chi connectivity index (χ3n) is 5.89. The highest BCUT2D eigenvalue weighted by Gasteiger charge is 2.65. The summed E-state index contributed by atoms with van der Waals surface area (Å²) in [6.45, 7) is 13.4. The SMILES string of the molecule is CC1=C(CC(C)C)C2=CC[Si](C)(C)O[C@@H]2[C@](C)(O)C12CC2. The van der Waals surface area contributed by atoms with E-state index >= 15 is 0 Å². The van der Waals surface area contributed by atoms with E-state index in [-0.39, 0.29) is 11.5 Å². The molecule has 3 aliphatic rings. The lowest BCUT2D eigenvalue weighted by Crippen LogP contribution is -2.58. The Kier molecular flexibility index (Phi) is 3.37. The zero-order valence-corrected chi connectivity index (χ0v) is 15.4. The summed E-state index contributed by atoms with van der Waals surface area (Å²) >= 11 is 0. The summed E-state index contributed by atoms with van der Waals surface area (Å²) in [4.78, 5) is 0. The van der Waals surface area contributed by atoms with Crippen LogP contribution in [0.15, 0.2) is 22.8 Å². The van der Waals surface area contributed by atoms with Crippen LogP contribution in [-0.2, 0) is 4.43 Å². The molecule has 1 spiro atoms. The third kappa shape index (κ3) is 2.20. The fourth-order valence-electron chi connectivity index (χ4n) is 4.41. The zero-order valence-electron chi connectivity index (χ0n) is 14.4. The first-order valence-electron chi connectivity index (χ1n) is 8.41. The van der Waals surface area contributed by atoms with E-state index in [1.807, 2.05) is 6.92 Å². The fraction of sp³-hybridized carbons (Fsp3) is 0.778. The van der Waals surface area contributed by atoms with Gasteiger partial charge in [0.25, 0.3) is 0 Å². The Morgan fingerprint density at radius 3 is 2.52 bits per heavy atom. The quantitative estimate of drug-likeness (QED) is 0.765. The van der Waals surface area contributed by atoms with Crippen LogP contribution >= 0.6 is 0 Å². The number of aliphatic hydroxyl groups is 1. The molecule has 0 amide bonds. The predicted molar refractivity (Wildman–Crippen MR) is 89.7 cm³/mol. The van der Waals surface area contributed by atoms with Crippen LogP contribution in [0.1, 0.15) is 47.0 Å². The maximum atomic E-state index is 11.3. The molecular weight excluding hydrogens is 276 g/mol. The van der Waals surface area contributed by atoms with Crippen LogP contribution in [0.3, 0.4) is 0 Å². The highest BCUT2D eigenvalue weighted by molar-refractivity contribution is 6.71. The first-order valence-corrected chi connectivity index (χ1v) is 11.5. The van der Waals surface area contributed by atoms with E-state index < -0.39 is 13.9 Å². The van der Waals surface area contributed by atoms with Crippen LogP contribution < -0.4 is 0 Å². The molecule has 1 heterocycles. The van der Waals surface area contributed by atoms with Gasteiger partial charge in [0.05, 0.1) is 6.10 Å². The molecule has 118 valence electrons. The summed E-state index contributed by atoms with van der Waals surface area (Å²) in [5.74, 6) is 0.641. The number of hydrogen-bond acceptors (Lipinski definition) is 2. The zero-order chi connectivity index (χ0) is 15.6. The van der Waals surface area contributed by atoms with Gasteiger partial charge in [-0.3, -0.25) is 0 Å². The van der Waals surface area contributed by atoms with Gasteiger partial charge in [0, 0.05) is 5.41 Å². The maximum absolute atomic E-state index is 11.3. The Morgan fingerprint density at radius 1 is 1.38 bits per heavy atom. The Morgan fingerprint density at radius 2 is 2.00 bits per heavy atom. The molecule has 0 aromatic rings. The Hall–Kier alpha value is -0.383. The highest BCUT2D eigenvalue weighted by atomic mass is 28.4. The van der Waals surface area contributed by atoms with Crippen molar-refractivity contribution in [2.45, 2.75) is 77.8 Å². The fourth-order valence-corrected chi connectivity index (χ4v) is 6.22. The monoisotopic (exact) mass is 306 g/mol. The lowest BCUT2D eigenvalue weighted by Gasteiger charge is -2.51. The standard InChI is InChI=1S/C18H30O2Si/c1-12(2)11-15-13(3)18(8-9-18)17(4,19)16-14(15)7-10-21(5,6)20-16/h7,12,16,19H,8-11H2,1-6H3/t16-,17-/m0/s1. The molecule has 3 heteroatoms. The second kappa shape index (κ2) is 4.56. The minimum atomic E-state index is -1.67. The Bertz CT molecular complexity index is 521. The van der Waals surface area contributed by atoms with Gasteiger partial charge in [-0.2, -0.15) is 0 Å². The Balaban J connectivity index is 2.13. The average molecular weight is 307 g/mol. The van der Waals surface area contributed by atoms with Crippen molar-refractivity contribution in [1.82, 2.24) is 0 Å². The minimum absolute atomic E-state index is 0.0128. The Labute approximate surface area is 130 Å². The molecule has 0 saturated heterocycles. The van der Waals surface area contributed by atoms with E-state index in [4.69, 9.17) is 4.43 Å². The second-order valence-corrected chi connectivity index (χ2v) is 12.7. The van der Waals surface area contributed by atoms with Gasteiger partial charge in [-0.1, -0.05) is 25.5 Å². The lowest BCUT2D eigenvalue weighted by atomic mass is 9.65. The van der Waals surface area contributed by atoms with E-state index in [0.717, 1.165) is 25.3 Å². The molecule has 2 aliphatic carbocycles. The molecule has 2 atom stereocenters. The first-order chi connectivity index (χ1) is 9.61. The molecule has 21 heavy (non-hydrogen) atoms. The minimum Gasteiger partial charge on any atom is -0.407 e. The molecule has 0 aromatic heterocycles. The van der Waals surface area contributed by atoms with Crippen LogP contribution in [0, 0.1) is 11.3 Å². The summed E-state index contributed by atoms with van der Waals surface area (Å²) < 4.78 is 6.52. The van der Waals surface area contributed by atoms with E-state index in [0.29, 0.717) is 5.92 Å². The van der Waals surface area contributed by atoms with Gasteiger partial charge in [0.1, 0.15) is 5.60 Å². The summed E-state index contributed by atoms with van der Waals surface area (Å²) in [7, 11) is -1.67. The normalized spacial score (nSPS) is 36.8. The van der Waals surface area contributed by atoms with Crippen LogP contribution in [0.25, 0.3) is 0 Å². The van der Waals surface area contributed by atoms with Crippen molar-refractivity contribution in [1.29, 1.82) is 0 Å². The topological polar surface area (TPSA) is 29.5 Å². The molecule has 1 aliphatic heterocycles. The van der Waals surface area contributed by atoms with Gasteiger partial charge >= 0.3 is 0 Å². The number of rotatable bonds is 2. The number of allylic oxidation sites excluding steroid dienone is 1. The van der Waals surface area contributed by atoms with Gasteiger partial charge in [-0.05, 0) is 69.3 Å². The van der Waals surface area contributed by atoms with E-state index in [1.54, 1.807) is 0 Å². The van der Waals surface area contributed by atoms with Crippen molar-refractivity contribution < 1.29 is 9.53 Å².